The summed E-state index contributed by atoms with van der Waals surface area (Å²) in [6.07, 6.45) is 1.67. The van der Waals surface area contributed by atoms with Gasteiger partial charge in [-0.3, -0.25) is 0 Å². The fourth-order valence-corrected chi connectivity index (χ4v) is 2.31. The van der Waals surface area contributed by atoms with Crippen LogP contribution in [0.3, 0.4) is 0 Å². The van der Waals surface area contributed by atoms with E-state index >= 15 is 0 Å². The van der Waals surface area contributed by atoms with Crippen LogP contribution in [0.2, 0.25) is 0 Å². The van der Waals surface area contributed by atoms with Gasteiger partial charge in [-0.25, -0.2) is 0 Å². The van der Waals surface area contributed by atoms with Gasteiger partial charge in [0.25, 0.3) is 0 Å². The summed E-state index contributed by atoms with van der Waals surface area (Å²) in [5.41, 5.74) is 10.3. The van der Waals surface area contributed by atoms with Crippen molar-refractivity contribution in [2.45, 2.75) is 19.8 Å². The van der Waals surface area contributed by atoms with Gasteiger partial charge >= 0.3 is 0 Å². The highest BCUT2D eigenvalue weighted by Crippen LogP contribution is 2.30. The molecule has 2 N–H and O–H groups in total. The predicted molar refractivity (Wildman–Crippen MR) is 75.4 cm³/mol. The average Bonchev–Trinajstić information content (AvgIpc) is 2.44. The van der Waals surface area contributed by atoms with Crippen molar-refractivity contribution in [1.82, 2.24) is 10.2 Å². The molecule has 1 atom stereocenters. The molecule has 0 radical (unpaired) electrons. The first kappa shape index (κ1) is 13.5. The lowest BCUT2D eigenvalue weighted by molar-refractivity contribution is 0.411. The van der Waals surface area contributed by atoms with Crippen molar-refractivity contribution in [1.29, 1.82) is 0 Å². The van der Waals surface area contributed by atoms with E-state index < -0.39 is 0 Å². The molecular formula is C15H19N3O. The molecule has 1 aromatic carbocycles. The Kier molecular flexibility index (Phi) is 4.12. The molecule has 0 aliphatic heterocycles. The van der Waals surface area contributed by atoms with E-state index in [4.69, 9.17) is 10.5 Å². The zero-order valence-electron chi connectivity index (χ0n) is 11.6. The molecule has 0 saturated heterocycles. The fourth-order valence-electron chi connectivity index (χ4n) is 2.31. The molecule has 2 rings (SSSR count). The maximum Gasteiger partial charge on any atom is 0.122 e. The Morgan fingerprint density at radius 2 is 2.05 bits per heavy atom. The molecule has 0 aliphatic carbocycles. The summed E-state index contributed by atoms with van der Waals surface area (Å²) in [7, 11) is 1.69. The molecule has 19 heavy (non-hydrogen) atoms. The second-order valence-electron chi connectivity index (χ2n) is 4.62. The molecule has 0 fully saturated rings. The number of aromatic nitrogens is 2. The van der Waals surface area contributed by atoms with Gasteiger partial charge in [-0.2, -0.15) is 10.2 Å². The Labute approximate surface area is 113 Å². The number of hydrogen-bond donors (Lipinski definition) is 1. The highest BCUT2D eigenvalue weighted by Gasteiger charge is 2.17. The number of ether oxygens (including phenoxy) is 1. The SMILES string of the molecule is COc1cc(C)c(C(CN)c2cccnn2)cc1C. The van der Waals surface area contributed by atoms with Gasteiger partial charge in [0.2, 0.25) is 0 Å². The Balaban J connectivity index is 2.47. The van der Waals surface area contributed by atoms with Crippen LogP contribution in [0, 0.1) is 13.8 Å². The van der Waals surface area contributed by atoms with E-state index in [0.29, 0.717) is 6.54 Å². The average molecular weight is 257 g/mol. The number of rotatable bonds is 4. The van der Waals surface area contributed by atoms with Crippen molar-refractivity contribution in [3.63, 3.8) is 0 Å². The van der Waals surface area contributed by atoms with Crippen LogP contribution >= 0.6 is 0 Å². The van der Waals surface area contributed by atoms with Gasteiger partial charge in [0.15, 0.2) is 0 Å². The van der Waals surface area contributed by atoms with Gasteiger partial charge in [0.1, 0.15) is 5.75 Å². The third-order valence-electron chi connectivity index (χ3n) is 3.34. The molecule has 4 heteroatoms. The first-order valence-electron chi connectivity index (χ1n) is 6.30. The molecule has 2 aromatic rings. The molecule has 100 valence electrons. The van der Waals surface area contributed by atoms with Gasteiger partial charge in [-0.15, -0.1) is 0 Å². The molecular weight excluding hydrogens is 238 g/mol. The van der Waals surface area contributed by atoms with Crippen LogP contribution in [0.15, 0.2) is 30.5 Å². The Morgan fingerprint density at radius 3 is 2.63 bits per heavy atom. The Morgan fingerprint density at radius 1 is 1.26 bits per heavy atom. The lowest BCUT2D eigenvalue weighted by Gasteiger charge is -2.18. The van der Waals surface area contributed by atoms with E-state index in [1.54, 1.807) is 13.3 Å². The smallest absolute Gasteiger partial charge is 0.122 e. The molecule has 0 bridgehead atoms. The summed E-state index contributed by atoms with van der Waals surface area (Å²) in [4.78, 5) is 0. The van der Waals surface area contributed by atoms with Gasteiger partial charge in [-0.05, 0) is 48.7 Å². The standard InChI is InChI=1S/C15H19N3O/c1-10-8-15(19-3)11(2)7-12(10)13(9-16)14-5-4-6-17-18-14/h4-8,13H,9,16H2,1-3H3. The quantitative estimate of drug-likeness (QED) is 0.912. The maximum atomic E-state index is 5.93. The van der Waals surface area contributed by atoms with E-state index in [-0.39, 0.29) is 5.92 Å². The number of nitrogens with zero attached hydrogens (tertiary/aromatic N) is 2. The lowest BCUT2D eigenvalue weighted by Crippen LogP contribution is -2.17. The zero-order valence-corrected chi connectivity index (χ0v) is 11.6. The monoisotopic (exact) mass is 257 g/mol. The van der Waals surface area contributed by atoms with Crippen molar-refractivity contribution < 1.29 is 4.74 Å². The van der Waals surface area contributed by atoms with Crippen LogP contribution < -0.4 is 10.5 Å². The minimum atomic E-state index is 0.0679. The van der Waals surface area contributed by atoms with E-state index in [9.17, 15) is 0 Å². The van der Waals surface area contributed by atoms with Crippen molar-refractivity contribution >= 4 is 0 Å². The van der Waals surface area contributed by atoms with Crippen LogP contribution in [0.1, 0.15) is 28.3 Å². The first-order chi connectivity index (χ1) is 9.17. The van der Waals surface area contributed by atoms with Crippen molar-refractivity contribution in [2.24, 2.45) is 5.73 Å². The summed E-state index contributed by atoms with van der Waals surface area (Å²) in [6, 6.07) is 8.02. The fraction of sp³-hybridized carbons (Fsp3) is 0.333. The third-order valence-corrected chi connectivity index (χ3v) is 3.34. The number of benzene rings is 1. The Bertz CT molecular complexity index is 555. The van der Waals surface area contributed by atoms with E-state index in [1.807, 2.05) is 25.1 Å². The van der Waals surface area contributed by atoms with Crippen LogP contribution in [-0.4, -0.2) is 23.9 Å². The largest absolute Gasteiger partial charge is 0.496 e. The minimum Gasteiger partial charge on any atom is -0.496 e. The normalized spacial score (nSPS) is 12.2. The molecule has 1 unspecified atom stereocenters. The number of nitrogens with two attached hydrogens (primary N) is 1. The third kappa shape index (κ3) is 2.74. The lowest BCUT2D eigenvalue weighted by atomic mass is 9.90. The van der Waals surface area contributed by atoms with Crippen LogP contribution in [0.25, 0.3) is 0 Å². The Hall–Kier alpha value is -1.94. The molecule has 0 amide bonds. The van der Waals surface area contributed by atoms with Crippen molar-refractivity contribution in [3.05, 3.63) is 52.8 Å². The zero-order chi connectivity index (χ0) is 13.8. The van der Waals surface area contributed by atoms with Gasteiger partial charge in [-0.1, -0.05) is 6.07 Å². The van der Waals surface area contributed by atoms with Crippen molar-refractivity contribution in [3.8, 4) is 5.75 Å². The molecule has 1 heterocycles. The van der Waals surface area contributed by atoms with Crippen LogP contribution in [0.5, 0.6) is 5.75 Å². The molecule has 4 nitrogen and oxygen atoms in total. The molecule has 0 aliphatic rings. The van der Waals surface area contributed by atoms with Gasteiger partial charge in [0, 0.05) is 18.7 Å². The number of aryl methyl sites for hydroxylation is 2. The van der Waals surface area contributed by atoms with E-state index in [0.717, 1.165) is 22.6 Å². The summed E-state index contributed by atoms with van der Waals surface area (Å²) >= 11 is 0. The predicted octanol–water partition coefficient (Wildman–Crippen LogP) is 2.19. The van der Waals surface area contributed by atoms with Crippen molar-refractivity contribution in [2.75, 3.05) is 13.7 Å². The molecule has 0 saturated carbocycles. The highest BCUT2D eigenvalue weighted by molar-refractivity contribution is 5.45. The summed E-state index contributed by atoms with van der Waals surface area (Å²) in [5, 5.41) is 8.11. The topological polar surface area (TPSA) is 61.0 Å². The molecule has 1 aromatic heterocycles. The summed E-state index contributed by atoms with van der Waals surface area (Å²) < 4.78 is 5.34. The number of methoxy groups -OCH3 is 1. The van der Waals surface area contributed by atoms with Gasteiger partial charge < -0.3 is 10.5 Å². The first-order valence-corrected chi connectivity index (χ1v) is 6.30. The summed E-state index contributed by atoms with van der Waals surface area (Å²) in [6.45, 7) is 4.60. The molecule has 0 spiro atoms. The van der Waals surface area contributed by atoms with Crippen LogP contribution in [-0.2, 0) is 0 Å². The van der Waals surface area contributed by atoms with E-state index in [1.165, 1.54) is 5.56 Å². The second-order valence-corrected chi connectivity index (χ2v) is 4.62. The van der Waals surface area contributed by atoms with Crippen LogP contribution in [0.4, 0.5) is 0 Å². The second kappa shape index (κ2) is 5.80. The minimum absolute atomic E-state index is 0.0679. The van der Waals surface area contributed by atoms with E-state index in [2.05, 4.69) is 23.2 Å². The maximum absolute atomic E-state index is 5.93. The number of hydrogen-bond acceptors (Lipinski definition) is 4. The van der Waals surface area contributed by atoms with Gasteiger partial charge in [0.05, 0.1) is 12.8 Å². The summed E-state index contributed by atoms with van der Waals surface area (Å²) in [5.74, 6) is 0.967. The highest BCUT2D eigenvalue weighted by atomic mass is 16.5.